The maximum Gasteiger partial charge on any atom is 0.347 e. The zero-order chi connectivity index (χ0) is 23.5. The van der Waals surface area contributed by atoms with E-state index in [1.54, 1.807) is 36.4 Å². The second kappa shape index (κ2) is 9.16. The number of halogens is 1. The summed E-state index contributed by atoms with van der Waals surface area (Å²) in [5, 5.41) is 0.713. The number of rotatable bonds is 6. The van der Waals surface area contributed by atoms with Crippen molar-refractivity contribution in [3.05, 3.63) is 99.2 Å². The fraction of sp³-hybridized carbons (Fsp3) is 0.154. The summed E-state index contributed by atoms with van der Waals surface area (Å²) >= 11 is 0. The van der Waals surface area contributed by atoms with Crippen LogP contribution in [-0.2, 0) is 6.42 Å². The molecule has 4 aromatic rings. The van der Waals surface area contributed by atoms with Gasteiger partial charge >= 0.3 is 11.6 Å². The molecule has 0 aliphatic carbocycles. The van der Waals surface area contributed by atoms with E-state index in [-0.39, 0.29) is 17.1 Å². The van der Waals surface area contributed by atoms with Crippen LogP contribution in [0.2, 0.25) is 0 Å². The lowest BCUT2D eigenvalue weighted by Gasteiger charge is -2.11. The van der Waals surface area contributed by atoms with E-state index >= 15 is 0 Å². The van der Waals surface area contributed by atoms with E-state index < -0.39 is 11.6 Å². The third-order valence-electron chi connectivity index (χ3n) is 5.39. The van der Waals surface area contributed by atoms with Crippen LogP contribution in [0.1, 0.15) is 27.0 Å². The van der Waals surface area contributed by atoms with Gasteiger partial charge in [0.1, 0.15) is 34.2 Å². The molecule has 0 N–H and O–H groups in total. The summed E-state index contributed by atoms with van der Waals surface area (Å²) < 4.78 is 34.6. The number of hydrogen-bond acceptors (Lipinski definition) is 6. The molecule has 1 heterocycles. The van der Waals surface area contributed by atoms with Crippen LogP contribution < -0.4 is 19.8 Å². The molecule has 0 aliphatic rings. The van der Waals surface area contributed by atoms with Crippen LogP contribution in [0.4, 0.5) is 4.39 Å². The van der Waals surface area contributed by atoms with Crippen molar-refractivity contribution in [3.63, 3.8) is 0 Å². The Morgan fingerprint density at radius 1 is 0.939 bits per heavy atom. The molecule has 0 saturated heterocycles. The topological polar surface area (TPSA) is 75.0 Å². The molecule has 0 radical (unpaired) electrons. The van der Waals surface area contributed by atoms with Gasteiger partial charge in [0.15, 0.2) is 0 Å². The van der Waals surface area contributed by atoms with E-state index in [1.807, 2.05) is 6.92 Å². The highest BCUT2D eigenvalue weighted by Crippen LogP contribution is 2.28. The minimum Gasteiger partial charge on any atom is -0.497 e. The Hall–Kier alpha value is -4.13. The van der Waals surface area contributed by atoms with Crippen LogP contribution >= 0.6 is 0 Å². The molecular weight excluding hydrogens is 427 g/mol. The molecule has 0 amide bonds. The molecule has 6 nitrogen and oxygen atoms in total. The maximum absolute atomic E-state index is 13.2. The Morgan fingerprint density at radius 3 is 2.36 bits per heavy atom. The Bertz CT molecular complexity index is 1390. The van der Waals surface area contributed by atoms with Crippen LogP contribution in [0.15, 0.2) is 69.9 Å². The van der Waals surface area contributed by atoms with Crippen molar-refractivity contribution in [1.82, 2.24) is 0 Å². The van der Waals surface area contributed by atoms with Crippen molar-refractivity contribution >= 4 is 16.9 Å². The largest absolute Gasteiger partial charge is 0.497 e. The molecular formula is C26H21FO6. The zero-order valence-electron chi connectivity index (χ0n) is 18.3. The van der Waals surface area contributed by atoms with Crippen molar-refractivity contribution in [2.75, 3.05) is 14.2 Å². The third kappa shape index (κ3) is 4.57. The highest BCUT2D eigenvalue weighted by Gasteiger charge is 2.18. The second-order valence-electron chi connectivity index (χ2n) is 7.41. The molecule has 0 unspecified atom stereocenters. The number of esters is 1. The van der Waals surface area contributed by atoms with Crippen LogP contribution in [0.5, 0.6) is 17.2 Å². The van der Waals surface area contributed by atoms with E-state index in [2.05, 4.69) is 0 Å². The molecule has 0 saturated carbocycles. The first kappa shape index (κ1) is 22.1. The van der Waals surface area contributed by atoms with Gasteiger partial charge in [-0.1, -0.05) is 12.1 Å². The number of aryl methyl sites for hydroxylation is 1. The fourth-order valence-corrected chi connectivity index (χ4v) is 3.58. The highest BCUT2D eigenvalue weighted by molar-refractivity contribution is 5.95. The second-order valence-corrected chi connectivity index (χ2v) is 7.41. The number of hydrogen-bond donors (Lipinski definition) is 0. The molecule has 0 bridgehead atoms. The maximum atomic E-state index is 13.2. The molecule has 33 heavy (non-hydrogen) atoms. The Kier molecular flexibility index (Phi) is 6.13. The molecule has 4 rings (SSSR count). The van der Waals surface area contributed by atoms with Gasteiger partial charge in [0.25, 0.3) is 0 Å². The third-order valence-corrected chi connectivity index (χ3v) is 5.39. The average Bonchev–Trinajstić information content (AvgIpc) is 2.82. The summed E-state index contributed by atoms with van der Waals surface area (Å²) in [5.74, 6) is 0.0592. The minimum atomic E-state index is -0.642. The van der Waals surface area contributed by atoms with Gasteiger partial charge in [-0.25, -0.2) is 14.0 Å². The van der Waals surface area contributed by atoms with Gasteiger partial charge in [-0.15, -0.1) is 0 Å². The summed E-state index contributed by atoms with van der Waals surface area (Å²) in [7, 11) is 2.95. The Labute approximate surface area is 189 Å². The molecule has 7 heteroatoms. The predicted molar refractivity (Wildman–Crippen MR) is 121 cm³/mol. The van der Waals surface area contributed by atoms with Crippen LogP contribution in [0.25, 0.3) is 11.0 Å². The van der Waals surface area contributed by atoms with Gasteiger partial charge in [-0.05, 0) is 60.5 Å². The van der Waals surface area contributed by atoms with Crippen LogP contribution in [-0.4, -0.2) is 20.2 Å². The molecule has 3 aromatic carbocycles. The first-order valence-corrected chi connectivity index (χ1v) is 10.1. The number of carbonyl (C=O) groups excluding carboxylic acids is 1. The summed E-state index contributed by atoms with van der Waals surface area (Å²) in [5.41, 5.74) is 2.02. The lowest BCUT2D eigenvalue weighted by Crippen LogP contribution is -2.12. The lowest BCUT2D eigenvalue weighted by atomic mass is 9.99. The van der Waals surface area contributed by atoms with E-state index in [9.17, 15) is 14.0 Å². The van der Waals surface area contributed by atoms with Crippen molar-refractivity contribution in [1.29, 1.82) is 0 Å². The quantitative estimate of drug-likeness (QED) is 0.233. The highest BCUT2D eigenvalue weighted by atomic mass is 19.1. The molecule has 168 valence electrons. The van der Waals surface area contributed by atoms with Gasteiger partial charge in [0.05, 0.1) is 14.2 Å². The van der Waals surface area contributed by atoms with E-state index in [1.165, 1.54) is 38.5 Å². The Morgan fingerprint density at radius 2 is 1.67 bits per heavy atom. The van der Waals surface area contributed by atoms with Crippen molar-refractivity contribution in [3.8, 4) is 17.2 Å². The zero-order valence-corrected chi connectivity index (χ0v) is 18.3. The van der Waals surface area contributed by atoms with Crippen LogP contribution in [0.3, 0.4) is 0 Å². The van der Waals surface area contributed by atoms with Gasteiger partial charge in [-0.3, -0.25) is 0 Å². The number of carbonyl (C=O) groups is 1. The summed E-state index contributed by atoms with van der Waals surface area (Å²) in [6.45, 7) is 1.82. The van der Waals surface area contributed by atoms with Crippen molar-refractivity contribution < 1.29 is 27.8 Å². The van der Waals surface area contributed by atoms with E-state index in [4.69, 9.17) is 18.6 Å². The van der Waals surface area contributed by atoms with E-state index in [0.717, 1.165) is 11.1 Å². The average molecular weight is 448 g/mol. The molecule has 0 fully saturated rings. The summed E-state index contributed by atoms with van der Waals surface area (Å²) in [4.78, 5) is 25.4. The van der Waals surface area contributed by atoms with Gasteiger partial charge < -0.3 is 18.6 Å². The normalized spacial score (nSPS) is 10.8. The van der Waals surface area contributed by atoms with Crippen molar-refractivity contribution in [2.24, 2.45) is 0 Å². The monoisotopic (exact) mass is 448 g/mol. The van der Waals surface area contributed by atoms with Gasteiger partial charge in [-0.2, -0.15) is 0 Å². The molecule has 1 aromatic heterocycles. The minimum absolute atomic E-state index is 0.198. The summed E-state index contributed by atoms with van der Waals surface area (Å²) in [6, 6.07) is 15.6. The number of methoxy groups -OCH3 is 2. The van der Waals surface area contributed by atoms with Gasteiger partial charge in [0, 0.05) is 23.4 Å². The molecule has 0 atom stereocenters. The molecule has 0 spiro atoms. The first-order chi connectivity index (χ1) is 15.9. The molecule has 0 aliphatic heterocycles. The Balaban J connectivity index is 1.64. The number of ether oxygens (including phenoxy) is 3. The number of benzene rings is 3. The predicted octanol–water partition coefficient (Wildman–Crippen LogP) is 5.07. The summed E-state index contributed by atoms with van der Waals surface area (Å²) in [6.07, 6.45) is 0.316. The van der Waals surface area contributed by atoms with Crippen molar-refractivity contribution in [2.45, 2.75) is 13.3 Å². The SMILES string of the molecule is COc1ccc(OC)c(C(=O)Oc2ccc3c(C)c(Cc4ccc(F)cc4)c(=O)oc3c2)c1. The fourth-order valence-electron chi connectivity index (χ4n) is 3.58. The number of fused-ring (bicyclic) bond motifs is 1. The smallest absolute Gasteiger partial charge is 0.347 e. The standard InChI is InChI=1S/C26H21FO6/c1-15-20-10-8-19(32-26(29)22-13-18(30-2)9-11-23(22)31-3)14-24(20)33-25(28)21(15)12-16-4-6-17(27)7-5-16/h4-11,13-14H,12H2,1-3H3. The van der Waals surface area contributed by atoms with Crippen LogP contribution in [0, 0.1) is 12.7 Å². The lowest BCUT2D eigenvalue weighted by molar-refractivity contribution is 0.0731. The first-order valence-electron chi connectivity index (χ1n) is 10.1. The van der Waals surface area contributed by atoms with E-state index in [0.29, 0.717) is 34.5 Å². The van der Waals surface area contributed by atoms with Gasteiger partial charge in [0.2, 0.25) is 0 Å².